The molecule has 0 spiro atoms. The van der Waals surface area contributed by atoms with Crippen molar-refractivity contribution in [3.63, 3.8) is 0 Å². The van der Waals surface area contributed by atoms with Crippen molar-refractivity contribution in [1.29, 1.82) is 0 Å². The van der Waals surface area contributed by atoms with Gasteiger partial charge in [-0.05, 0) is 38.1 Å². The van der Waals surface area contributed by atoms with Crippen LogP contribution >= 0.6 is 0 Å². The molecule has 0 unspecified atom stereocenters. The van der Waals surface area contributed by atoms with Gasteiger partial charge in [-0.3, -0.25) is 4.98 Å². The minimum Gasteiger partial charge on any atom is -0.362 e. The number of benzene rings is 1. The quantitative estimate of drug-likeness (QED) is 0.818. The highest BCUT2D eigenvalue weighted by molar-refractivity contribution is 7.91. The van der Waals surface area contributed by atoms with Crippen molar-refractivity contribution in [2.45, 2.75) is 42.8 Å². The minimum atomic E-state index is -3.45. The lowest BCUT2D eigenvalue weighted by Crippen LogP contribution is -2.43. The zero-order chi connectivity index (χ0) is 18.4. The molecular formula is C19H22N2O4S. The third-order valence-electron chi connectivity index (χ3n) is 4.86. The average molecular weight is 374 g/mol. The monoisotopic (exact) mass is 374 g/mol. The molecule has 2 aliphatic heterocycles. The molecule has 0 radical (unpaired) electrons. The molecule has 1 aromatic carbocycles. The minimum absolute atomic E-state index is 0.0278. The SMILES string of the molecule is CC1(C)O[C@H]2[C@@H](CS(=O)(=O)c3ccccc3)N(c3ccncc3)C[C@H]2O1. The second kappa shape index (κ2) is 6.33. The predicted molar refractivity (Wildman–Crippen MR) is 97.7 cm³/mol. The molecule has 0 N–H and O–H groups in total. The normalized spacial score (nSPS) is 27.5. The zero-order valence-corrected chi connectivity index (χ0v) is 15.6. The largest absolute Gasteiger partial charge is 0.362 e. The maximum absolute atomic E-state index is 13.0. The molecule has 0 saturated carbocycles. The van der Waals surface area contributed by atoms with Crippen LogP contribution in [0.2, 0.25) is 0 Å². The number of fused-ring (bicyclic) bond motifs is 1. The van der Waals surface area contributed by atoms with E-state index in [1.54, 1.807) is 36.7 Å². The highest BCUT2D eigenvalue weighted by atomic mass is 32.2. The van der Waals surface area contributed by atoms with Gasteiger partial charge in [0.2, 0.25) is 0 Å². The summed E-state index contributed by atoms with van der Waals surface area (Å²) in [5, 5.41) is 0. The Bertz CT molecular complexity index is 871. The molecule has 6 nitrogen and oxygen atoms in total. The molecule has 3 heterocycles. The summed E-state index contributed by atoms with van der Waals surface area (Å²) in [6, 6.07) is 12.0. The van der Waals surface area contributed by atoms with Crippen LogP contribution in [0.15, 0.2) is 59.8 Å². The molecule has 2 aromatic rings. The van der Waals surface area contributed by atoms with Gasteiger partial charge in [0.05, 0.1) is 16.7 Å². The molecule has 26 heavy (non-hydrogen) atoms. The molecule has 7 heteroatoms. The second-order valence-corrected chi connectivity index (χ2v) is 9.19. The van der Waals surface area contributed by atoms with E-state index in [1.807, 2.05) is 32.0 Å². The molecular weight excluding hydrogens is 352 g/mol. The van der Waals surface area contributed by atoms with Crippen LogP contribution in [0.5, 0.6) is 0 Å². The topological polar surface area (TPSA) is 68.7 Å². The fraction of sp³-hybridized carbons (Fsp3) is 0.421. The zero-order valence-electron chi connectivity index (χ0n) is 14.8. The maximum Gasteiger partial charge on any atom is 0.180 e. The summed E-state index contributed by atoms with van der Waals surface area (Å²) in [6.07, 6.45) is 2.96. The van der Waals surface area contributed by atoms with Gasteiger partial charge in [-0.25, -0.2) is 8.42 Å². The molecule has 3 atom stereocenters. The standard InChI is InChI=1S/C19H22N2O4S/c1-19(2)24-17-12-21(14-8-10-20-11-9-14)16(18(17)25-19)13-26(22,23)15-6-4-3-5-7-15/h3-11,16-18H,12-13H2,1-2H3/t16-,17-,18+/m1/s1. The van der Waals surface area contributed by atoms with E-state index in [0.29, 0.717) is 11.4 Å². The summed E-state index contributed by atoms with van der Waals surface area (Å²) in [4.78, 5) is 6.44. The van der Waals surface area contributed by atoms with Crippen molar-refractivity contribution in [1.82, 2.24) is 4.98 Å². The number of hydrogen-bond acceptors (Lipinski definition) is 6. The Hall–Kier alpha value is -1.96. The van der Waals surface area contributed by atoms with E-state index in [0.717, 1.165) is 5.69 Å². The van der Waals surface area contributed by atoms with Crippen LogP contribution < -0.4 is 4.90 Å². The molecule has 138 valence electrons. The molecule has 0 aliphatic carbocycles. The van der Waals surface area contributed by atoms with Gasteiger partial charge in [-0.1, -0.05) is 18.2 Å². The van der Waals surface area contributed by atoms with Gasteiger partial charge in [-0.2, -0.15) is 0 Å². The number of sulfone groups is 1. The summed E-state index contributed by atoms with van der Waals surface area (Å²) in [6.45, 7) is 4.32. The van der Waals surface area contributed by atoms with Crippen LogP contribution in [0.1, 0.15) is 13.8 Å². The summed E-state index contributed by atoms with van der Waals surface area (Å²) in [5.74, 6) is -0.728. The van der Waals surface area contributed by atoms with Crippen molar-refractivity contribution >= 4 is 15.5 Å². The molecule has 0 amide bonds. The molecule has 1 aromatic heterocycles. The van der Waals surface area contributed by atoms with Crippen molar-refractivity contribution in [2.24, 2.45) is 0 Å². The first-order chi connectivity index (χ1) is 12.4. The molecule has 4 rings (SSSR count). The van der Waals surface area contributed by atoms with E-state index in [9.17, 15) is 8.42 Å². The maximum atomic E-state index is 13.0. The summed E-state index contributed by atoms with van der Waals surface area (Å²) in [5.41, 5.74) is 0.924. The van der Waals surface area contributed by atoms with Gasteiger partial charge in [0.25, 0.3) is 0 Å². The van der Waals surface area contributed by atoms with Crippen molar-refractivity contribution in [3.05, 3.63) is 54.9 Å². The molecule has 2 saturated heterocycles. The first-order valence-electron chi connectivity index (χ1n) is 8.66. The van der Waals surface area contributed by atoms with Gasteiger partial charge < -0.3 is 14.4 Å². The van der Waals surface area contributed by atoms with Gasteiger partial charge in [0.1, 0.15) is 12.2 Å². The fourth-order valence-electron chi connectivity index (χ4n) is 3.80. The van der Waals surface area contributed by atoms with Crippen LogP contribution in [-0.2, 0) is 19.3 Å². The van der Waals surface area contributed by atoms with E-state index < -0.39 is 15.6 Å². The van der Waals surface area contributed by atoms with Crippen LogP contribution in [0.3, 0.4) is 0 Å². The second-order valence-electron chi connectivity index (χ2n) is 7.16. The molecule has 2 aliphatic rings. The molecule has 0 bridgehead atoms. The third-order valence-corrected chi connectivity index (χ3v) is 6.64. The Morgan fingerprint density at radius 1 is 1.12 bits per heavy atom. The fourth-order valence-corrected chi connectivity index (χ4v) is 5.39. The van der Waals surface area contributed by atoms with Gasteiger partial charge in [-0.15, -0.1) is 0 Å². The lowest BCUT2D eigenvalue weighted by molar-refractivity contribution is -0.150. The van der Waals surface area contributed by atoms with Crippen LogP contribution in [0.25, 0.3) is 0 Å². The van der Waals surface area contributed by atoms with Crippen molar-refractivity contribution < 1.29 is 17.9 Å². The predicted octanol–water partition coefficient (Wildman–Crippen LogP) is 2.26. The van der Waals surface area contributed by atoms with E-state index in [-0.39, 0.29) is 24.0 Å². The highest BCUT2D eigenvalue weighted by Crippen LogP contribution is 2.39. The van der Waals surface area contributed by atoms with Gasteiger partial charge in [0.15, 0.2) is 15.6 Å². The Morgan fingerprint density at radius 2 is 1.81 bits per heavy atom. The number of pyridine rings is 1. The van der Waals surface area contributed by atoms with Crippen LogP contribution in [0.4, 0.5) is 5.69 Å². The Morgan fingerprint density at radius 3 is 2.50 bits per heavy atom. The van der Waals surface area contributed by atoms with Crippen molar-refractivity contribution in [2.75, 3.05) is 17.2 Å². The number of rotatable bonds is 4. The number of ether oxygens (including phenoxy) is 2. The highest BCUT2D eigenvalue weighted by Gasteiger charge is 2.53. The van der Waals surface area contributed by atoms with Crippen molar-refractivity contribution in [3.8, 4) is 0 Å². The number of anilines is 1. The number of aromatic nitrogens is 1. The van der Waals surface area contributed by atoms with E-state index in [2.05, 4.69) is 9.88 Å². The Balaban J connectivity index is 1.67. The molecule has 2 fully saturated rings. The first-order valence-corrected chi connectivity index (χ1v) is 10.3. The van der Waals surface area contributed by atoms with Gasteiger partial charge >= 0.3 is 0 Å². The lowest BCUT2D eigenvalue weighted by atomic mass is 10.1. The summed E-state index contributed by atoms with van der Waals surface area (Å²) >= 11 is 0. The average Bonchev–Trinajstić information content (AvgIpc) is 3.09. The summed E-state index contributed by atoms with van der Waals surface area (Å²) in [7, 11) is -3.45. The van der Waals surface area contributed by atoms with Gasteiger partial charge in [0, 0.05) is 24.6 Å². The van der Waals surface area contributed by atoms with E-state index >= 15 is 0 Å². The van der Waals surface area contributed by atoms with E-state index in [1.165, 1.54) is 0 Å². The Labute approximate surface area is 153 Å². The summed E-state index contributed by atoms with van der Waals surface area (Å²) < 4.78 is 38.0. The van der Waals surface area contributed by atoms with Crippen LogP contribution in [0, 0.1) is 0 Å². The van der Waals surface area contributed by atoms with Crippen LogP contribution in [-0.4, -0.2) is 49.7 Å². The lowest BCUT2D eigenvalue weighted by Gasteiger charge is -2.31. The number of hydrogen-bond donors (Lipinski definition) is 0. The number of nitrogens with zero attached hydrogens (tertiary/aromatic N) is 2. The Kier molecular flexibility index (Phi) is 4.25. The van der Waals surface area contributed by atoms with E-state index in [4.69, 9.17) is 9.47 Å². The third kappa shape index (κ3) is 3.22. The smallest absolute Gasteiger partial charge is 0.180 e. The first kappa shape index (κ1) is 17.5.